The molecule has 1 aromatic heterocycles. The Morgan fingerprint density at radius 3 is 2.28 bits per heavy atom. The normalized spacial score (nSPS) is 11.0. The lowest BCUT2D eigenvalue weighted by Gasteiger charge is -2.05. The fourth-order valence-corrected chi connectivity index (χ4v) is 3.28. The average Bonchev–Trinajstić information content (AvgIpc) is 2.98. The molecule has 0 aliphatic heterocycles. The quantitative estimate of drug-likeness (QED) is 0.570. The van der Waals surface area contributed by atoms with Crippen LogP contribution in [-0.2, 0) is 13.0 Å². The molecular formula is C22H20N2O. The van der Waals surface area contributed by atoms with Gasteiger partial charge in [0.1, 0.15) is 0 Å². The van der Waals surface area contributed by atoms with Crippen LogP contribution in [0, 0.1) is 0 Å². The Kier molecular flexibility index (Phi) is 4.21. The minimum absolute atomic E-state index is 0.0340. The van der Waals surface area contributed by atoms with Crippen molar-refractivity contribution >= 4 is 11.0 Å². The molecule has 0 amide bonds. The maximum absolute atomic E-state index is 12.3. The van der Waals surface area contributed by atoms with E-state index in [2.05, 4.69) is 53.5 Å². The van der Waals surface area contributed by atoms with E-state index in [0.29, 0.717) is 0 Å². The van der Waals surface area contributed by atoms with Crippen LogP contribution in [0.15, 0.2) is 83.7 Å². The van der Waals surface area contributed by atoms with Gasteiger partial charge in [-0.25, -0.2) is 4.79 Å². The Morgan fingerprint density at radius 2 is 1.52 bits per heavy atom. The molecule has 3 aromatic carbocycles. The molecule has 124 valence electrons. The molecule has 25 heavy (non-hydrogen) atoms. The number of H-pyrrole nitrogens is 1. The van der Waals surface area contributed by atoms with Crippen molar-refractivity contribution in [2.24, 2.45) is 0 Å². The number of imidazole rings is 1. The molecule has 0 spiro atoms. The third kappa shape index (κ3) is 3.26. The number of nitrogens with one attached hydrogen (secondary N) is 1. The number of hydrogen-bond donors (Lipinski definition) is 1. The highest BCUT2D eigenvalue weighted by molar-refractivity contribution is 5.82. The van der Waals surface area contributed by atoms with E-state index < -0.39 is 0 Å². The monoisotopic (exact) mass is 328 g/mol. The summed E-state index contributed by atoms with van der Waals surface area (Å²) in [6.45, 7) is 0.721. The van der Waals surface area contributed by atoms with Crippen molar-refractivity contribution in [3.05, 3.63) is 94.9 Å². The molecule has 0 bridgehead atoms. The molecule has 3 nitrogen and oxygen atoms in total. The van der Waals surface area contributed by atoms with Gasteiger partial charge in [0.25, 0.3) is 0 Å². The van der Waals surface area contributed by atoms with Crippen LogP contribution in [-0.4, -0.2) is 9.55 Å². The molecule has 1 heterocycles. The highest BCUT2D eigenvalue weighted by Gasteiger charge is 2.08. The molecular weight excluding hydrogens is 308 g/mol. The van der Waals surface area contributed by atoms with Gasteiger partial charge in [0.2, 0.25) is 0 Å². The topological polar surface area (TPSA) is 37.8 Å². The number of fused-ring (bicyclic) bond motifs is 1. The SMILES string of the molecule is O=c1[nH]c2cc(-c3ccccc3)ccc2n1CCCc1ccccc1. The van der Waals surface area contributed by atoms with Crippen molar-refractivity contribution in [1.29, 1.82) is 0 Å². The largest absolute Gasteiger partial charge is 0.326 e. The Morgan fingerprint density at radius 1 is 0.800 bits per heavy atom. The smallest absolute Gasteiger partial charge is 0.306 e. The van der Waals surface area contributed by atoms with Crippen LogP contribution in [0.25, 0.3) is 22.2 Å². The van der Waals surface area contributed by atoms with E-state index >= 15 is 0 Å². The summed E-state index contributed by atoms with van der Waals surface area (Å²) in [6.07, 6.45) is 1.92. The van der Waals surface area contributed by atoms with E-state index in [1.54, 1.807) is 0 Å². The van der Waals surface area contributed by atoms with Gasteiger partial charge in [0, 0.05) is 6.54 Å². The number of aryl methyl sites for hydroxylation is 2. The maximum atomic E-state index is 12.3. The van der Waals surface area contributed by atoms with Crippen LogP contribution in [0.2, 0.25) is 0 Å². The van der Waals surface area contributed by atoms with Crippen molar-refractivity contribution in [1.82, 2.24) is 9.55 Å². The van der Waals surface area contributed by atoms with Crippen LogP contribution in [0.1, 0.15) is 12.0 Å². The van der Waals surface area contributed by atoms with E-state index in [1.807, 2.05) is 34.9 Å². The summed E-state index contributed by atoms with van der Waals surface area (Å²) in [7, 11) is 0. The molecule has 4 aromatic rings. The van der Waals surface area contributed by atoms with E-state index in [0.717, 1.165) is 41.5 Å². The summed E-state index contributed by atoms with van der Waals surface area (Å²) in [6, 6.07) is 26.8. The second-order valence-corrected chi connectivity index (χ2v) is 6.27. The van der Waals surface area contributed by atoms with Gasteiger partial charge in [-0.3, -0.25) is 4.57 Å². The first-order valence-electron chi connectivity index (χ1n) is 8.63. The molecule has 4 rings (SSSR count). The third-order valence-electron chi connectivity index (χ3n) is 4.57. The Labute approximate surface area is 146 Å². The second kappa shape index (κ2) is 6.81. The first-order valence-corrected chi connectivity index (χ1v) is 8.63. The van der Waals surface area contributed by atoms with Gasteiger partial charge in [0.05, 0.1) is 11.0 Å². The van der Waals surface area contributed by atoms with Crippen LogP contribution in [0.5, 0.6) is 0 Å². The molecule has 0 aliphatic rings. The summed E-state index contributed by atoms with van der Waals surface area (Å²) >= 11 is 0. The standard InChI is InChI=1S/C22H20N2O/c25-22-23-20-16-19(18-11-5-2-6-12-18)13-14-21(20)24(22)15-7-10-17-8-3-1-4-9-17/h1-6,8-9,11-14,16H,7,10,15H2,(H,23,25). The van der Waals surface area contributed by atoms with E-state index in [9.17, 15) is 4.79 Å². The van der Waals surface area contributed by atoms with Gasteiger partial charge in [-0.1, -0.05) is 66.7 Å². The fraction of sp³-hybridized carbons (Fsp3) is 0.136. The van der Waals surface area contributed by atoms with Crippen LogP contribution < -0.4 is 5.69 Å². The molecule has 1 N–H and O–H groups in total. The molecule has 0 unspecified atom stereocenters. The Bertz CT molecular complexity index is 1030. The summed E-state index contributed by atoms with van der Waals surface area (Å²) in [5.41, 5.74) is 5.41. The highest BCUT2D eigenvalue weighted by Crippen LogP contribution is 2.23. The summed E-state index contributed by atoms with van der Waals surface area (Å²) < 4.78 is 1.84. The molecule has 0 saturated heterocycles. The Hall–Kier alpha value is -3.07. The molecule has 3 heteroatoms. The fourth-order valence-electron chi connectivity index (χ4n) is 3.28. The predicted molar refractivity (Wildman–Crippen MR) is 103 cm³/mol. The second-order valence-electron chi connectivity index (χ2n) is 6.27. The number of benzene rings is 3. The number of nitrogens with zero attached hydrogens (tertiary/aromatic N) is 1. The first kappa shape index (κ1) is 15.5. The number of rotatable bonds is 5. The molecule has 0 aliphatic carbocycles. The lowest BCUT2D eigenvalue weighted by atomic mass is 10.1. The van der Waals surface area contributed by atoms with E-state index in [4.69, 9.17) is 0 Å². The lowest BCUT2D eigenvalue weighted by molar-refractivity contribution is 0.639. The van der Waals surface area contributed by atoms with Crippen molar-refractivity contribution in [3.63, 3.8) is 0 Å². The summed E-state index contributed by atoms with van der Waals surface area (Å²) in [4.78, 5) is 15.3. The van der Waals surface area contributed by atoms with Gasteiger partial charge >= 0.3 is 5.69 Å². The van der Waals surface area contributed by atoms with E-state index in [1.165, 1.54) is 5.56 Å². The molecule has 0 radical (unpaired) electrons. The highest BCUT2D eigenvalue weighted by atomic mass is 16.1. The van der Waals surface area contributed by atoms with Crippen molar-refractivity contribution in [3.8, 4) is 11.1 Å². The van der Waals surface area contributed by atoms with Crippen molar-refractivity contribution in [2.45, 2.75) is 19.4 Å². The van der Waals surface area contributed by atoms with Gasteiger partial charge in [-0.15, -0.1) is 0 Å². The van der Waals surface area contributed by atoms with Crippen LogP contribution in [0.3, 0.4) is 0 Å². The van der Waals surface area contributed by atoms with Gasteiger partial charge in [-0.2, -0.15) is 0 Å². The first-order chi connectivity index (χ1) is 12.3. The predicted octanol–water partition coefficient (Wildman–Crippen LogP) is 4.63. The zero-order valence-corrected chi connectivity index (χ0v) is 14.0. The number of aromatic nitrogens is 2. The van der Waals surface area contributed by atoms with Crippen LogP contribution >= 0.6 is 0 Å². The zero-order valence-electron chi connectivity index (χ0n) is 14.0. The van der Waals surface area contributed by atoms with Crippen molar-refractivity contribution in [2.75, 3.05) is 0 Å². The molecule has 0 atom stereocenters. The van der Waals surface area contributed by atoms with Gasteiger partial charge in [0.15, 0.2) is 0 Å². The van der Waals surface area contributed by atoms with Gasteiger partial charge < -0.3 is 4.98 Å². The average molecular weight is 328 g/mol. The number of hydrogen-bond acceptors (Lipinski definition) is 1. The minimum Gasteiger partial charge on any atom is -0.306 e. The summed E-state index contributed by atoms with van der Waals surface area (Å²) in [5.74, 6) is 0. The molecule has 0 saturated carbocycles. The van der Waals surface area contributed by atoms with Crippen molar-refractivity contribution < 1.29 is 0 Å². The maximum Gasteiger partial charge on any atom is 0.326 e. The number of aromatic amines is 1. The molecule has 0 fully saturated rings. The van der Waals surface area contributed by atoms with E-state index in [-0.39, 0.29) is 5.69 Å². The third-order valence-corrected chi connectivity index (χ3v) is 4.57. The van der Waals surface area contributed by atoms with Gasteiger partial charge in [-0.05, 0) is 41.7 Å². The minimum atomic E-state index is -0.0340. The Balaban J connectivity index is 1.57. The van der Waals surface area contributed by atoms with Crippen LogP contribution in [0.4, 0.5) is 0 Å². The zero-order chi connectivity index (χ0) is 17.1. The summed E-state index contributed by atoms with van der Waals surface area (Å²) in [5, 5.41) is 0. The lowest BCUT2D eigenvalue weighted by Crippen LogP contribution is -2.17.